The molecule has 0 aromatic rings. The van der Waals surface area contributed by atoms with Gasteiger partial charge < -0.3 is 10.1 Å². The highest BCUT2D eigenvalue weighted by Gasteiger charge is 2.27. The van der Waals surface area contributed by atoms with Crippen molar-refractivity contribution in [2.75, 3.05) is 13.2 Å². The van der Waals surface area contributed by atoms with E-state index >= 15 is 0 Å². The number of hydrogen-bond donors (Lipinski definition) is 1. The molecule has 0 radical (unpaired) electrons. The van der Waals surface area contributed by atoms with Crippen molar-refractivity contribution in [3.8, 4) is 0 Å². The quantitative estimate of drug-likeness (QED) is 0.812. The molecule has 1 saturated heterocycles. The van der Waals surface area contributed by atoms with Crippen LogP contribution in [0.15, 0.2) is 0 Å². The Bertz CT molecular complexity index is 203. The smallest absolute Gasteiger partial charge is 0.0587 e. The van der Waals surface area contributed by atoms with Gasteiger partial charge in [0.15, 0.2) is 0 Å². The summed E-state index contributed by atoms with van der Waals surface area (Å²) in [5.41, 5.74) is 0. The fraction of sp³-hybridized carbons (Fsp3) is 1.00. The Labute approximate surface area is 107 Å². The highest BCUT2D eigenvalue weighted by atomic mass is 16.5. The maximum atomic E-state index is 5.78. The van der Waals surface area contributed by atoms with Crippen molar-refractivity contribution in [3.63, 3.8) is 0 Å². The van der Waals surface area contributed by atoms with E-state index in [1.807, 2.05) is 0 Å². The van der Waals surface area contributed by atoms with E-state index in [4.69, 9.17) is 4.74 Å². The van der Waals surface area contributed by atoms with Crippen LogP contribution < -0.4 is 5.32 Å². The fourth-order valence-corrected chi connectivity index (χ4v) is 3.53. The molecular weight excluding hydrogens is 210 g/mol. The standard InChI is InChI=1S/C15H29NO/c1-12-6-5-7-13(2)15(12)16-10-9-14-8-3-4-11-17-14/h12-16H,3-11H2,1-2H3. The molecule has 1 aliphatic carbocycles. The van der Waals surface area contributed by atoms with Gasteiger partial charge in [0, 0.05) is 12.6 Å². The summed E-state index contributed by atoms with van der Waals surface area (Å²) >= 11 is 0. The van der Waals surface area contributed by atoms with Crippen molar-refractivity contribution in [3.05, 3.63) is 0 Å². The first kappa shape index (κ1) is 13.4. The summed E-state index contributed by atoms with van der Waals surface area (Å²) in [6.45, 7) is 6.94. The molecule has 100 valence electrons. The van der Waals surface area contributed by atoms with E-state index in [-0.39, 0.29) is 0 Å². The third-order valence-corrected chi connectivity index (χ3v) is 4.67. The molecule has 1 saturated carbocycles. The average molecular weight is 239 g/mol. The lowest BCUT2D eigenvalue weighted by Crippen LogP contribution is -2.44. The van der Waals surface area contributed by atoms with E-state index < -0.39 is 0 Å². The maximum absolute atomic E-state index is 5.78. The van der Waals surface area contributed by atoms with E-state index in [1.165, 1.54) is 44.9 Å². The summed E-state index contributed by atoms with van der Waals surface area (Å²) in [7, 11) is 0. The SMILES string of the molecule is CC1CCCC(C)C1NCCC1CCCCO1. The number of rotatable bonds is 4. The molecule has 2 nitrogen and oxygen atoms in total. The molecule has 0 aromatic carbocycles. The topological polar surface area (TPSA) is 21.3 Å². The zero-order valence-corrected chi connectivity index (χ0v) is 11.6. The molecule has 0 spiro atoms. The van der Waals surface area contributed by atoms with E-state index in [0.29, 0.717) is 6.10 Å². The third kappa shape index (κ3) is 3.96. The lowest BCUT2D eigenvalue weighted by Gasteiger charge is -2.36. The van der Waals surface area contributed by atoms with Gasteiger partial charge in [0.25, 0.3) is 0 Å². The van der Waals surface area contributed by atoms with Gasteiger partial charge in [-0.05, 0) is 56.9 Å². The van der Waals surface area contributed by atoms with Gasteiger partial charge in [0.2, 0.25) is 0 Å². The second kappa shape index (κ2) is 6.75. The second-order valence-corrected chi connectivity index (χ2v) is 6.14. The van der Waals surface area contributed by atoms with Crippen LogP contribution in [0.3, 0.4) is 0 Å². The van der Waals surface area contributed by atoms with Crippen LogP contribution in [0.4, 0.5) is 0 Å². The van der Waals surface area contributed by atoms with Gasteiger partial charge in [0.1, 0.15) is 0 Å². The lowest BCUT2D eigenvalue weighted by atomic mass is 9.78. The lowest BCUT2D eigenvalue weighted by molar-refractivity contribution is 0.0103. The predicted octanol–water partition coefficient (Wildman–Crippen LogP) is 3.36. The molecule has 1 aliphatic heterocycles. The summed E-state index contributed by atoms with van der Waals surface area (Å²) in [5.74, 6) is 1.71. The molecular formula is C15H29NO. The van der Waals surface area contributed by atoms with Crippen LogP contribution in [-0.2, 0) is 4.74 Å². The van der Waals surface area contributed by atoms with Gasteiger partial charge in [-0.3, -0.25) is 0 Å². The first-order valence-electron chi connectivity index (χ1n) is 7.62. The van der Waals surface area contributed by atoms with Crippen LogP contribution in [0.1, 0.15) is 58.8 Å². The monoisotopic (exact) mass is 239 g/mol. The first-order chi connectivity index (χ1) is 8.27. The summed E-state index contributed by atoms with van der Waals surface area (Å²) in [4.78, 5) is 0. The van der Waals surface area contributed by atoms with Gasteiger partial charge >= 0.3 is 0 Å². The minimum absolute atomic E-state index is 0.533. The first-order valence-corrected chi connectivity index (χ1v) is 7.62. The molecule has 1 N–H and O–H groups in total. The van der Waals surface area contributed by atoms with Gasteiger partial charge in [0.05, 0.1) is 6.10 Å². The summed E-state index contributed by atoms with van der Waals surface area (Å²) < 4.78 is 5.78. The van der Waals surface area contributed by atoms with Crippen LogP contribution in [0.2, 0.25) is 0 Å². The van der Waals surface area contributed by atoms with Gasteiger partial charge in [-0.2, -0.15) is 0 Å². The molecule has 2 fully saturated rings. The van der Waals surface area contributed by atoms with Gasteiger partial charge in [-0.15, -0.1) is 0 Å². The zero-order valence-electron chi connectivity index (χ0n) is 11.6. The molecule has 2 rings (SSSR count). The molecule has 3 unspecified atom stereocenters. The number of ether oxygens (including phenoxy) is 1. The Morgan fingerprint density at radius 1 is 1.00 bits per heavy atom. The zero-order chi connectivity index (χ0) is 12.1. The van der Waals surface area contributed by atoms with Gasteiger partial charge in [-0.1, -0.05) is 20.3 Å². The van der Waals surface area contributed by atoms with Crippen molar-refractivity contribution in [2.24, 2.45) is 11.8 Å². The summed E-state index contributed by atoms with van der Waals surface area (Å²) in [6, 6.07) is 0.743. The van der Waals surface area contributed by atoms with Crippen LogP contribution in [0, 0.1) is 11.8 Å². The normalized spacial score (nSPS) is 39.2. The maximum Gasteiger partial charge on any atom is 0.0587 e. The molecule has 3 atom stereocenters. The van der Waals surface area contributed by atoms with E-state index in [2.05, 4.69) is 19.2 Å². The molecule has 2 heteroatoms. The Morgan fingerprint density at radius 3 is 2.41 bits per heavy atom. The molecule has 0 aromatic heterocycles. The molecule has 2 aliphatic rings. The minimum atomic E-state index is 0.533. The summed E-state index contributed by atoms with van der Waals surface area (Å²) in [5, 5.41) is 3.79. The van der Waals surface area contributed by atoms with Crippen molar-refractivity contribution in [1.82, 2.24) is 5.32 Å². The van der Waals surface area contributed by atoms with Crippen LogP contribution in [-0.4, -0.2) is 25.3 Å². The average Bonchev–Trinajstić information content (AvgIpc) is 2.34. The predicted molar refractivity (Wildman–Crippen MR) is 72.2 cm³/mol. The van der Waals surface area contributed by atoms with Crippen LogP contribution in [0.25, 0.3) is 0 Å². The van der Waals surface area contributed by atoms with Crippen molar-refractivity contribution >= 4 is 0 Å². The summed E-state index contributed by atoms with van der Waals surface area (Å²) in [6.07, 6.45) is 9.87. The highest BCUT2D eigenvalue weighted by Crippen LogP contribution is 2.28. The van der Waals surface area contributed by atoms with E-state index in [9.17, 15) is 0 Å². The Kier molecular flexibility index (Phi) is 5.30. The fourth-order valence-electron chi connectivity index (χ4n) is 3.53. The Hall–Kier alpha value is -0.0800. The minimum Gasteiger partial charge on any atom is -0.378 e. The van der Waals surface area contributed by atoms with E-state index in [0.717, 1.165) is 31.0 Å². The third-order valence-electron chi connectivity index (χ3n) is 4.67. The molecule has 17 heavy (non-hydrogen) atoms. The van der Waals surface area contributed by atoms with Crippen molar-refractivity contribution < 1.29 is 4.74 Å². The molecule has 1 heterocycles. The largest absolute Gasteiger partial charge is 0.378 e. The van der Waals surface area contributed by atoms with Crippen LogP contribution >= 0.6 is 0 Å². The van der Waals surface area contributed by atoms with E-state index in [1.54, 1.807) is 0 Å². The Morgan fingerprint density at radius 2 is 1.76 bits per heavy atom. The van der Waals surface area contributed by atoms with Crippen molar-refractivity contribution in [1.29, 1.82) is 0 Å². The molecule has 0 amide bonds. The van der Waals surface area contributed by atoms with Crippen molar-refractivity contribution in [2.45, 2.75) is 70.9 Å². The second-order valence-electron chi connectivity index (χ2n) is 6.14. The number of hydrogen-bond acceptors (Lipinski definition) is 2. The highest BCUT2D eigenvalue weighted by molar-refractivity contribution is 4.83. The van der Waals surface area contributed by atoms with Gasteiger partial charge in [-0.25, -0.2) is 0 Å². The number of nitrogens with one attached hydrogen (secondary N) is 1. The Balaban J connectivity index is 1.66. The molecule has 0 bridgehead atoms. The van der Waals surface area contributed by atoms with Crippen LogP contribution in [0.5, 0.6) is 0 Å².